The van der Waals surface area contributed by atoms with Crippen LogP contribution in [0.2, 0.25) is 0 Å². The van der Waals surface area contributed by atoms with Crippen LogP contribution in [0.3, 0.4) is 0 Å². The molecule has 0 aliphatic heterocycles. The Kier molecular flexibility index (Phi) is 8.33. The molecular weight excluding hydrogens is 626 g/mol. The van der Waals surface area contributed by atoms with Crippen LogP contribution in [0.5, 0.6) is 0 Å². The first-order valence-corrected chi connectivity index (χ1v) is 16.5. The minimum atomic E-state index is -4.52. The molecule has 1 aliphatic rings. The number of nitrogens with zero attached hydrogens (tertiary/aromatic N) is 3. The van der Waals surface area contributed by atoms with Crippen LogP contribution in [-0.2, 0) is 27.6 Å². The van der Waals surface area contributed by atoms with Crippen molar-refractivity contribution >= 4 is 27.3 Å². The van der Waals surface area contributed by atoms with Gasteiger partial charge in [-0.2, -0.15) is 5.10 Å². The maximum absolute atomic E-state index is 15.1. The van der Waals surface area contributed by atoms with Crippen LogP contribution in [0.1, 0.15) is 47.1 Å². The third-order valence-corrected chi connectivity index (χ3v) is 9.20. The van der Waals surface area contributed by atoms with E-state index in [0.29, 0.717) is 45.4 Å². The van der Waals surface area contributed by atoms with E-state index in [1.807, 2.05) is 0 Å². The van der Waals surface area contributed by atoms with E-state index in [1.165, 1.54) is 41.7 Å². The standard InChI is InChI=1S/C32H27F3N4O4S2/c1-2-43-31(40)27-17-44-32(37-27)39-28(14-18-6-7-18)24(12-19-8-11-29(26(35)13-19)45(36,41)42)30(38-39)21-9-10-25(34)23(16-21)20-4-3-5-22(33)15-20/h3-5,8-11,13,15-18H,2,6-7,12,14H2,1H3,(H2,36,41,42)/p-1. The van der Waals surface area contributed by atoms with Gasteiger partial charge in [0.2, 0.25) is 5.13 Å². The van der Waals surface area contributed by atoms with Gasteiger partial charge in [0.1, 0.15) is 17.5 Å². The van der Waals surface area contributed by atoms with E-state index in [-0.39, 0.29) is 24.3 Å². The second-order valence-corrected chi connectivity index (χ2v) is 13.0. The van der Waals surface area contributed by atoms with Crippen LogP contribution < -0.4 is 0 Å². The summed E-state index contributed by atoms with van der Waals surface area (Å²) in [4.78, 5) is 16.1. The van der Waals surface area contributed by atoms with Gasteiger partial charge >= 0.3 is 5.97 Å². The second-order valence-electron chi connectivity index (χ2n) is 10.7. The molecule has 0 bridgehead atoms. The van der Waals surface area contributed by atoms with Crippen LogP contribution in [0, 0.1) is 28.1 Å². The van der Waals surface area contributed by atoms with Gasteiger partial charge in [-0.25, -0.2) is 27.6 Å². The van der Waals surface area contributed by atoms with Gasteiger partial charge in [0.05, 0.1) is 22.9 Å². The van der Waals surface area contributed by atoms with Gasteiger partial charge in [-0.15, -0.1) is 11.3 Å². The lowest BCUT2D eigenvalue weighted by Gasteiger charge is -2.14. The fraction of sp³-hybridized carbons (Fsp3) is 0.219. The van der Waals surface area contributed by atoms with Crippen LogP contribution in [0.25, 0.3) is 27.5 Å². The molecule has 1 aliphatic carbocycles. The summed E-state index contributed by atoms with van der Waals surface area (Å²) in [5.74, 6) is -2.34. The van der Waals surface area contributed by atoms with Gasteiger partial charge < -0.3 is 9.29 Å². The lowest BCUT2D eigenvalue weighted by Crippen LogP contribution is -2.08. The molecule has 2 aromatic heterocycles. The van der Waals surface area contributed by atoms with Crippen molar-refractivity contribution in [1.29, 1.82) is 4.78 Å². The number of rotatable bonds is 10. The average Bonchev–Trinajstić information content (AvgIpc) is 3.55. The quantitative estimate of drug-likeness (QED) is 0.158. The Hall–Kier alpha value is -4.33. The van der Waals surface area contributed by atoms with E-state index in [0.717, 1.165) is 30.7 Å². The Morgan fingerprint density at radius 1 is 1.09 bits per heavy atom. The van der Waals surface area contributed by atoms with Crippen molar-refractivity contribution in [3.63, 3.8) is 0 Å². The Balaban J connectivity index is 1.53. The van der Waals surface area contributed by atoms with E-state index in [1.54, 1.807) is 35.2 Å². The summed E-state index contributed by atoms with van der Waals surface area (Å²) in [5, 5.41) is 6.88. The smallest absolute Gasteiger partial charge is 0.357 e. The van der Waals surface area contributed by atoms with Crippen molar-refractivity contribution in [2.45, 2.75) is 37.5 Å². The molecule has 1 atom stereocenters. The van der Waals surface area contributed by atoms with Crippen molar-refractivity contribution in [2.24, 2.45) is 5.92 Å². The number of carbonyl (C=O) groups is 1. The molecule has 1 saturated carbocycles. The molecule has 0 saturated heterocycles. The fourth-order valence-electron chi connectivity index (χ4n) is 5.15. The second kappa shape index (κ2) is 12.2. The maximum atomic E-state index is 15.1. The Morgan fingerprint density at radius 2 is 1.89 bits per heavy atom. The molecule has 1 fully saturated rings. The zero-order chi connectivity index (χ0) is 31.9. The van der Waals surface area contributed by atoms with Crippen molar-refractivity contribution in [3.05, 3.63) is 106 Å². The summed E-state index contributed by atoms with van der Waals surface area (Å²) in [6.07, 6.45) is 2.71. The first-order valence-electron chi connectivity index (χ1n) is 14.1. The number of thiazole rings is 1. The molecule has 0 radical (unpaired) electrons. The van der Waals surface area contributed by atoms with Crippen molar-refractivity contribution in [2.75, 3.05) is 6.61 Å². The van der Waals surface area contributed by atoms with Crippen LogP contribution in [0.15, 0.2) is 70.9 Å². The normalized spacial score (nSPS) is 14.3. The number of benzene rings is 3. The van der Waals surface area contributed by atoms with E-state index in [4.69, 9.17) is 14.6 Å². The molecule has 5 aromatic rings. The van der Waals surface area contributed by atoms with Crippen molar-refractivity contribution in [1.82, 2.24) is 14.8 Å². The molecule has 232 valence electrons. The predicted octanol–water partition coefficient (Wildman–Crippen LogP) is 7.34. The first kappa shape index (κ1) is 30.7. The number of hydrogen-bond donors (Lipinski definition) is 1. The van der Waals surface area contributed by atoms with E-state index in [9.17, 15) is 22.3 Å². The van der Waals surface area contributed by atoms with Gasteiger partial charge in [-0.3, -0.25) is 8.99 Å². The molecule has 1 N–H and O–H groups in total. The highest BCUT2D eigenvalue weighted by molar-refractivity contribution is 7.86. The summed E-state index contributed by atoms with van der Waals surface area (Å²) in [6.45, 7) is 1.88. The van der Waals surface area contributed by atoms with Crippen molar-refractivity contribution in [3.8, 4) is 27.5 Å². The predicted molar refractivity (Wildman–Crippen MR) is 162 cm³/mol. The topological polar surface area (TPSA) is 121 Å². The Morgan fingerprint density at radius 3 is 2.58 bits per heavy atom. The van der Waals surface area contributed by atoms with Crippen LogP contribution in [-0.4, -0.2) is 36.1 Å². The molecule has 3 aromatic carbocycles. The number of aromatic nitrogens is 3. The van der Waals surface area contributed by atoms with Gasteiger partial charge in [0.25, 0.3) is 0 Å². The minimum absolute atomic E-state index is 0.120. The van der Waals surface area contributed by atoms with Gasteiger partial charge in [0.15, 0.2) is 5.69 Å². The average molecular weight is 652 g/mol. The zero-order valence-corrected chi connectivity index (χ0v) is 25.5. The highest BCUT2D eigenvalue weighted by atomic mass is 32.2. The maximum Gasteiger partial charge on any atom is 0.357 e. The highest BCUT2D eigenvalue weighted by Crippen LogP contribution is 2.39. The molecule has 13 heteroatoms. The third-order valence-electron chi connectivity index (χ3n) is 7.47. The number of nitrogens with one attached hydrogen (secondary N) is 1. The number of carbonyl (C=O) groups excluding carboxylic acids is 1. The summed E-state index contributed by atoms with van der Waals surface area (Å²) in [5.41, 5.74) is 3.42. The van der Waals surface area contributed by atoms with Gasteiger partial charge in [-0.05, 0) is 85.7 Å². The van der Waals surface area contributed by atoms with E-state index in [2.05, 4.69) is 4.98 Å². The van der Waals surface area contributed by atoms with Crippen LogP contribution in [0.4, 0.5) is 13.2 Å². The Bertz CT molecular complexity index is 2040. The fourth-order valence-corrected chi connectivity index (χ4v) is 6.48. The SMILES string of the molecule is CCOC(=O)c1csc(-n2nc(-c3ccc(F)c(-c4cccc(F)c4)c3)c(Cc3ccc(S(=N)(=O)[O-])c(F)c3)c2CC2CC2)n1. The summed E-state index contributed by atoms with van der Waals surface area (Å²) < 4.78 is 81.5. The van der Waals surface area contributed by atoms with Crippen molar-refractivity contribution < 1.29 is 31.5 Å². The van der Waals surface area contributed by atoms with Gasteiger partial charge in [-0.1, -0.05) is 18.2 Å². The van der Waals surface area contributed by atoms with Crippen LogP contribution >= 0.6 is 11.3 Å². The number of halogens is 3. The largest absolute Gasteiger partial charge is 0.760 e. The third kappa shape index (κ3) is 6.56. The molecule has 0 spiro atoms. The first-order chi connectivity index (χ1) is 21.5. The summed E-state index contributed by atoms with van der Waals surface area (Å²) in [7, 11) is -4.52. The highest BCUT2D eigenvalue weighted by Gasteiger charge is 2.30. The Labute approximate surface area is 261 Å². The molecule has 0 amide bonds. The summed E-state index contributed by atoms with van der Waals surface area (Å²) in [6, 6.07) is 13.6. The molecule has 1 unspecified atom stereocenters. The number of hydrogen-bond acceptors (Lipinski definition) is 8. The summed E-state index contributed by atoms with van der Waals surface area (Å²) >= 11 is 1.19. The number of esters is 1. The monoisotopic (exact) mass is 651 g/mol. The minimum Gasteiger partial charge on any atom is -0.760 e. The lowest BCUT2D eigenvalue weighted by atomic mass is 9.95. The lowest BCUT2D eigenvalue weighted by molar-refractivity contribution is 0.0520. The van der Waals surface area contributed by atoms with E-state index < -0.39 is 38.3 Å². The zero-order valence-electron chi connectivity index (χ0n) is 23.9. The molecular formula is C32H26F3N4O4S2-. The van der Waals surface area contributed by atoms with E-state index >= 15 is 4.39 Å². The molecule has 8 nitrogen and oxygen atoms in total. The number of ether oxygens (including phenoxy) is 1. The molecule has 45 heavy (non-hydrogen) atoms. The van der Waals surface area contributed by atoms with Gasteiger partial charge in [0, 0.05) is 38.5 Å². The molecule has 2 heterocycles. The molecule has 6 rings (SSSR count).